The van der Waals surface area contributed by atoms with Crippen LogP contribution in [0.15, 0.2) is 42.9 Å². The van der Waals surface area contributed by atoms with E-state index in [9.17, 15) is 18.4 Å². The SMILES string of the molecule is Cn1cc(-c2ccc3nccc(C(=O)CCC(=O)N4CC(F)(F)C[C@H]4C#N)c3c2)cn1.S. The third-order valence-corrected chi connectivity index (χ3v) is 5.39. The zero-order valence-electron chi connectivity index (χ0n) is 17.3. The van der Waals surface area contributed by atoms with E-state index < -0.39 is 30.8 Å². The van der Waals surface area contributed by atoms with Crippen molar-refractivity contribution in [3.63, 3.8) is 0 Å². The molecule has 0 bridgehead atoms. The Morgan fingerprint density at radius 3 is 2.72 bits per heavy atom. The Morgan fingerprint density at radius 1 is 1.25 bits per heavy atom. The lowest BCUT2D eigenvalue weighted by Gasteiger charge is -2.18. The van der Waals surface area contributed by atoms with E-state index in [1.165, 1.54) is 6.20 Å². The number of amides is 1. The van der Waals surface area contributed by atoms with Crippen molar-refractivity contribution < 1.29 is 18.4 Å². The van der Waals surface area contributed by atoms with Crippen LogP contribution in [-0.4, -0.2) is 49.9 Å². The third kappa shape index (κ3) is 4.62. The van der Waals surface area contributed by atoms with Crippen LogP contribution < -0.4 is 0 Å². The summed E-state index contributed by atoms with van der Waals surface area (Å²) in [6.07, 6.45) is 4.04. The van der Waals surface area contributed by atoms with E-state index >= 15 is 0 Å². The molecule has 0 N–H and O–H groups in total. The number of Topliss-reactive ketones (excluding diaryl/α,β-unsaturated/α-hetero) is 1. The number of alkyl halides is 2. The van der Waals surface area contributed by atoms with E-state index in [4.69, 9.17) is 5.26 Å². The number of likely N-dealkylation sites (tertiary alicyclic amines) is 1. The van der Waals surface area contributed by atoms with E-state index in [2.05, 4.69) is 10.1 Å². The van der Waals surface area contributed by atoms with Gasteiger partial charge >= 0.3 is 0 Å². The van der Waals surface area contributed by atoms with Gasteiger partial charge in [-0.3, -0.25) is 19.3 Å². The number of carbonyl (C=O) groups excluding carboxylic acids is 2. The molecule has 10 heteroatoms. The second-order valence-corrected chi connectivity index (χ2v) is 7.64. The summed E-state index contributed by atoms with van der Waals surface area (Å²) in [5.41, 5.74) is 2.80. The molecule has 2 aromatic heterocycles. The van der Waals surface area contributed by atoms with Crippen LogP contribution in [0.25, 0.3) is 22.0 Å². The van der Waals surface area contributed by atoms with Crippen LogP contribution in [-0.2, 0) is 11.8 Å². The molecule has 1 aliphatic heterocycles. The third-order valence-electron chi connectivity index (χ3n) is 5.39. The van der Waals surface area contributed by atoms with E-state index in [0.717, 1.165) is 16.0 Å². The molecule has 1 atom stereocenters. The number of rotatable bonds is 5. The maximum Gasteiger partial charge on any atom is 0.268 e. The quantitative estimate of drug-likeness (QED) is 0.547. The molecular weight excluding hydrogens is 436 g/mol. The lowest BCUT2D eigenvalue weighted by molar-refractivity contribution is -0.132. The van der Waals surface area contributed by atoms with Gasteiger partial charge in [-0.15, -0.1) is 0 Å². The molecule has 1 amide bonds. The van der Waals surface area contributed by atoms with Crippen molar-refractivity contribution in [1.82, 2.24) is 19.7 Å². The highest BCUT2D eigenvalue weighted by molar-refractivity contribution is 7.59. The number of halogens is 2. The second-order valence-electron chi connectivity index (χ2n) is 7.64. The van der Waals surface area contributed by atoms with Crippen LogP contribution in [0.2, 0.25) is 0 Å². The average Bonchev–Trinajstić information content (AvgIpc) is 3.33. The summed E-state index contributed by atoms with van der Waals surface area (Å²) in [6.45, 7) is -0.787. The fourth-order valence-electron chi connectivity index (χ4n) is 3.83. The topological polar surface area (TPSA) is 91.9 Å². The Bertz CT molecular complexity index is 1220. The van der Waals surface area contributed by atoms with Crippen molar-refractivity contribution in [1.29, 1.82) is 5.26 Å². The monoisotopic (exact) mass is 457 g/mol. The maximum atomic E-state index is 13.6. The Morgan fingerprint density at radius 2 is 2.03 bits per heavy atom. The van der Waals surface area contributed by atoms with Gasteiger partial charge in [0.2, 0.25) is 5.91 Å². The Hall–Kier alpha value is -3.32. The first-order chi connectivity index (χ1) is 14.8. The Labute approximate surface area is 190 Å². The maximum absolute atomic E-state index is 13.6. The molecule has 1 aliphatic rings. The van der Waals surface area contributed by atoms with Crippen molar-refractivity contribution in [2.24, 2.45) is 7.05 Å². The molecular formula is C22H21F2N5O2S. The number of nitrogens with zero attached hydrogens (tertiary/aromatic N) is 5. The largest absolute Gasteiger partial charge is 0.320 e. The highest BCUT2D eigenvalue weighted by atomic mass is 32.1. The first-order valence-electron chi connectivity index (χ1n) is 9.75. The minimum absolute atomic E-state index is 0. The van der Waals surface area contributed by atoms with Crippen molar-refractivity contribution in [2.75, 3.05) is 6.54 Å². The lowest BCUT2D eigenvalue weighted by Crippen LogP contribution is -2.36. The molecule has 0 unspecified atom stereocenters. The molecule has 166 valence electrons. The number of hydrogen-bond acceptors (Lipinski definition) is 5. The molecule has 0 saturated carbocycles. The number of pyridine rings is 1. The highest BCUT2D eigenvalue weighted by Crippen LogP contribution is 2.32. The molecule has 0 aliphatic carbocycles. The minimum atomic E-state index is -3.08. The van der Waals surface area contributed by atoms with Gasteiger partial charge in [0.15, 0.2) is 5.78 Å². The minimum Gasteiger partial charge on any atom is -0.320 e. The van der Waals surface area contributed by atoms with Crippen molar-refractivity contribution in [2.45, 2.75) is 31.2 Å². The summed E-state index contributed by atoms with van der Waals surface area (Å²) in [5, 5.41) is 13.9. The number of hydrogen-bond donors (Lipinski definition) is 0. The van der Waals surface area contributed by atoms with Crippen LogP contribution in [0, 0.1) is 11.3 Å². The standard InChI is InChI=1S/C22H19F2N5O2.H2S/c1-28-12-15(11-27-28)14-2-3-19-18(8-14)17(6-7-26-19)20(30)4-5-21(31)29-13-22(23,24)9-16(29)10-25;/h2-3,6-8,11-12,16H,4-5,9,13H2,1H3;1H2/t16-;/m0./s1. The summed E-state index contributed by atoms with van der Waals surface area (Å²) in [7, 11) is 1.81. The fourth-order valence-corrected chi connectivity index (χ4v) is 3.83. The number of benzene rings is 1. The van der Waals surface area contributed by atoms with Gasteiger partial charge in [0, 0.05) is 55.2 Å². The Balaban J connectivity index is 0.00000289. The van der Waals surface area contributed by atoms with Crippen LogP contribution >= 0.6 is 13.5 Å². The normalized spacial score (nSPS) is 17.1. The summed E-state index contributed by atoms with van der Waals surface area (Å²) < 4.78 is 28.8. The summed E-state index contributed by atoms with van der Waals surface area (Å²) in [5.74, 6) is -3.99. The average molecular weight is 458 g/mol. The van der Waals surface area contributed by atoms with Crippen LogP contribution in [0.4, 0.5) is 8.78 Å². The molecule has 32 heavy (non-hydrogen) atoms. The van der Waals surface area contributed by atoms with Crippen LogP contribution in [0.3, 0.4) is 0 Å². The van der Waals surface area contributed by atoms with E-state index in [-0.39, 0.29) is 32.1 Å². The first-order valence-corrected chi connectivity index (χ1v) is 9.75. The van der Waals surface area contributed by atoms with E-state index in [1.54, 1.807) is 23.0 Å². The van der Waals surface area contributed by atoms with Gasteiger partial charge in [0.1, 0.15) is 6.04 Å². The van der Waals surface area contributed by atoms with Gasteiger partial charge in [-0.2, -0.15) is 23.9 Å². The highest BCUT2D eigenvalue weighted by Gasteiger charge is 2.47. The molecule has 0 radical (unpaired) electrons. The summed E-state index contributed by atoms with van der Waals surface area (Å²) in [4.78, 5) is 30.5. The molecule has 4 rings (SSSR count). The molecule has 1 aromatic carbocycles. The van der Waals surface area contributed by atoms with Gasteiger partial charge < -0.3 is 4.90 Å². The van der Waals surface area contributed by atoms with Gasteiger partial charge in [-0.1, -0.05) is 6.07 Å². The van der Waals surface area contributed by atoms with E-state index in [0.29, 0.717) is 16.5 Å². The number of ketones is 1. The summed E-state index contributed by atoms with van der Waals surface area (Å²) in [6, 6.07) is 7.71. The predicted octanol–water partition coefficient (Wildman–Crippen LogP) is 3.47. The molecule has 1 fully saturated rings. The number of aryl methyl sites for hydroxylation is 1. The molecule has 1 saturated heterocycles. The predicted molar refractivity (Wildman–Crippen MR) is 119 cm³/mol. The lowest BCUT2D eigenvalue weighted by atomic mass is 9.99. The van der Waals surface area contributed by atoms with Crippen molar-refractivity contribution in [3.05, 3.63) is 48.4 Å². The second kappa shape index (κ2) is 9.04. The van der Waals surface area contributed by atoms with Crippen LogP contribution in [0.1, 0.15) is 29.6 Å². The zero-order chi connectivity index (χ0) is 22.2. The number of nitriles is 1. The zero-order valence-corrected chi connectivity index (χ0v) is 18.3. The van der Waals surface area contributed by atoms with Crippen LogP contribution in [0.5, 0.6) is 0 Å². The van der Waals surface area contributed by atoms with E-state index in [1.807, 2.05) is 31.4 Å². The van der Waals surface area contributed by atoms with Crippen molar-refractivity contribution in [3.8, 4) is 17.2 Å². The Kier molecular flexibility index (Phi) is 6.60. The molecule has 3 heterocycles. The number of carbonyl (C=O) groups is 2. The first kappa shape index (κ1) is 23.3. The molecule has 0 spiro atoms. The number of aromatic nitrogens is 3. The van der Waals surface area contributed by atoms with Crippen molar-refractivity contribution >= 4 is 36.1 Å². The smallest absolute Gasteiger partial charge is 0.268 e. The van der Waals surface area contributed by atoms with Gasteiger partial charge in [-0.05, 0) is 23.8 Å². The molecule has 3 aromatic rings. The van der Waals surface area contributed by atoms with Gasteiger partial charge in [0.25, 0.3) is 5.92 Å². The van der Waals surface area contributed by atoms with Gasteiger partial charge in [-0.25, -0.2) is 8.78 Å². The number of fused-ring (bicyclic) bond motifs is 1. The molecule has 7 nitrogen and oxygen atoms in total. The summed E-state index contributed by atoms with van der Waals surface area (Å²) >= 11 is 0. The van der Waals surface area contributed by atoms with Gasteiger partial charge in [0.05, 0.1) is 24.3 Å². The fraction of sp³-hybridized carbons (Fsp3) is 0.318.